The summed E-state index contributed by atoms with van der Waals surface area (Å²) in [6, 6.07) is 6.46. The first-order valence-corrected chi connectivity index (χ1v) is 4.84. The van der Waals surface area contributed by atoms with Gasteiger partial charge in [-0.3, -0.25) is 4.79 Å². The van der Waals surface area contributed by atoms with Crippen molar-refractivity contribution in [3.05, 3.63) is 35.9 Å². The van der Waals surface area contributed by atoms with Gasteiger partial charge in [0.05, 0.1) is 0 Å². The molecule has 1 aromatic rings. The van der Waals surface area contributed by atoms with Crippen molar-refractivity contribution in [1.29, 1.82) is 0 Å². The van der Waals surface area contributed by atoms with Gasteiger partial charge in [-0.1, -0.05) is 30.3 Å². The van der Waals surface area contributed by atoms with Gasteiger partial charge in [0, 0.05) is 6.42 Å². The van der Waals surface area contributed by atoms with Crippen LogP contribution in [0.1, 0.15) is 18.4 Å². The minimum absolute atomic E-state index is 0.353. The van der Waals surface area contributed by atoms with Gasteiger partial charge in [0.25, 0.3) is 0 Å². The van der Waals surface area contributed by atoms with E-state index >= 15 is 0 Å². The summed E-state index contributed by atoms with van der Waals surface area (Å²) in [6.45, 7) is 0. The number of carbonyl (C=O) groups is 1. The van der Waals surface area contributed by atoms with Gasteiger partial charge < -0.3 is 10.2 Å². The topological polar surface area (TPSA) is 57.5 Å². The predicted molar refractivity (Wildman–Crippen MR) is 53.3 cm³/mol. The molecule has 94 valence electrons. The standard InChI is InChI=1S/C11H11F3O3/c12-11(13,14)10(17,7-6-9(15)16)8-4-2-1-3-5-8/h1-5,17H,6-7H2,(H,15,16). The van der Waals surface area contributed by atoms with Crippen LogP contribution in [0.5, 0.6) is 0 Å². The lowest BCUT2D eigenvalue weighted by Crippen LogP contribution is -2.42. The monoisotopic (exact) mass is 248 g/mol. The molecule has 1 aromatic carbocycles. The van der Waals surface area contributed by atoms with E-state index in [1.165, 1.54) is 18.2 Å². The molecule has 1 rings (SSSR count). The molecule has 6 heteroatoms. The number of aliphatic carboxylic acids is 1. The van der Waals surface area contributed by atoms with Gasteiger partial charge in [0.15, 0.2) is 5.60 Å². The van der Waals surface area contributed by atoms with Crippen LogP contribution in [-0.2, 0) is 10.4 Å². The van der Waals surface area contributed by atoms with Gasteiger partial charge in [-0.2, -0.15) is 13.2 Å². The first kappa shape index (κ1) is 13.5. The van der Waals surface area contributed by atoms with E-state index in [9.17, 15) is 23.1 Å². The quantitative estimate of drug-likeness (QED) is 0.859. The van der Waals surface area contributed by atoms with Crippen LogP contribution in [0.3, 0.4) is 0 Å². The molecule has 0 heterocycles. The second-order valence-electron chi connectivity index (χ2n) is 3.62. The van der Waals surface area contributed by atoms with Gasteiger partial charge in [-0.05, 0) is 12.0 Å². The number of hydrogen-bond donors (Lipinski definition) is 2. The normalized spacial score (nSPS) is 15.3. The number of benzene rings is 1. The Hall–Kier alpha value is -1.56. The Kier molecular flexibility index (Phi) is 3.77. The molecule has 0 bridgehead atoms. The number of halogens is 3. The van der Waals surface area contributed by atoms with Crippen LogP contribution in [0.25, 0.3) is 0 Å². The molecular formula is C11H11F3O3. The summed E-state index contributed by atoms with van der Waals surface area (Å²) in [6.07, 6.45) is -6.58. The van der Waals surface area contributed by atoms with Crippen LogP contribution in [-0.4, -0.2) is 22.4 Å². The highest BCUT2D eigenvalue weighted by Crippen LogP contribution is 2.42. The van der Waals surface area contributed by atoms with Crippen molar-refractivity contribution in [2.75, 3.05) is 0 Å². The first-order valence-electron chi connectivity index (χ1n) is 4.84. The van der Waals surface area contributed by atoms with E-state index in [0.29, 0.717) is 0 Å². The van der Waals surface area contributed by atoms with Crippen LogP contribution in [0.15, 0.2) is 30.3 Å². The van der Waals surface area contributed by atoms with E-state index < -0.39 is 30.6 Å². The third-order valence-corrected chi connectivity index (χ3v) is 2.42. The Morgan fingerprint density at radius 2 is 1.71 bits per heavy atom. The second-order valence-corrected chi connectivity index (χ2v) is 3.62. The molecule has 0 amide bonds. The number of carboxylic acids is 1. The summed E-state index contributed by atoms with van der Waals surface area (Å²) in [7, 11) is 0. The van der Waals surface area contributed by atoms with Gasteiger partial charge in [0.1, 0.15) is 0 Å². The Balaban J connectivity index is 3.07. The van der Waals surface area contributed by atoms with Crippen LogP contribution in [0, 0.1) is 0 Å². The molecule has 0 saturated heterocycles. The van der Waals surface area contributed by atoms with Crippen molar-refractivity contribution in [2.24, 2.45) is 0 Å². The fourth-order valence-electron chi connectivity index (χ4n) is 1.45. The lowest BCUT2D eigenvalue weighted by atomic mass is 9.88. The minimum atomic E-state index is -4.91. The molecular weight excluding hydrogens is 237 g/mol. The van der Waals surface area contributed by atoms with Crippen LogP contribution >= 0.6 is 0 Å². The number of carboxylic acid groups (broad SMARTS) is 1. The molecule has 0 aliphatic heterocycles. The zero-order valence-corrected chi connectivity index (χ0v) is 8.74. The molecule has 1 atom stereocenters. The molecule has 0 aliphatic carbocycles. The summed E-state index contributed by atoms with van der Waals surface area (Å²) in [5.74, 6) is -1.39. The molecule has 0 aromatic heterocycles. The molecule has 1 unspecified atom stereocenters. The average molecular weight is 248 g/mol. The highest BCUT2D eigenvalue weighted by atomic mass is 19.4. The third kappa shape index (κ3) is 2.97. The highest BCUT2D eigenvalue weighted by Gasteiger charge is 2.54. The molecule has 0 fully saturated rings. The van der Waals surface area contributed by atoms with Gasteiger partial charge in [-0.25, -0.2) is 0 Å². The maximum atomic E-state index is 12.8. The Bertz CT molecular complexity index is 389. The van der Waals surface area contributed by atoms with Crippen molar-refractivity contribution in [2.45, 2.75) is 24.6 Å². The van der Waals surface area contributed by atoms with Gasteiger partial charge >= 0.3 is 12.1 Å². The fourth-order valence-corrected chi connectivity index (χ4v) is 1.45. The first-order chi connectivity index (χ1) is 7.77. The highest BCUT2D eigenvalue weighted by molar-refractivity contribution is 5.66. The summed E-state index contributed by atoms with van der Waals surface area (Å²) in [4.78, 5) is 10.3. The maximum Gasteiger partial charge on any atom is 0.421 e. The van der Waals surface area contributed by atoms with E-state index in [2.05, 4.69) is 0 Å². The number of hydrogen-bond acceptors (Lipinski definition) is 2. The van der Waals surface area contributed by atoms with Gasteiger partial charge in [0.2, 0.25) is 0 Å². The lowest BCUT2D eigenvalue weighted by Gasteiger charge is -2.30. The number of rotatable bonds is 4. The van der Waals surface area contributed by atoms with Crippen molar-refractivity contribution in [1.82, 2.24) is 0 Å². The van der Waals surface area contributed by atoms with Crippen molar-refractivity contribution < 1.29 is 28.2 Å². The Morgan fingerprint density at radius 1 is 1.18 bits per heavy atom. The predicted octanol–water partition coefficient (Wildman–Crippen LogP) is 2.30. The van der Waals surface area contributed by atoms with Crippen molar-refractivity contribution >= 4 is 5.97 Å². The summed E-state index contributed by atoms with van der Waals surface area (Å²) in [5, 5.41) is 18.1. The summed E-state index contributed by atoms with van der Waals surface area (Å²) in [5.41, 5.74) is -3.47. The van der Waals surface area contributed by atoms with Crippen LogP contribution in [0.2, 0.25) is 0 Å². The second kappa shape index (κ2) is 4.75. The van der Waals surface area contributed by atoms with Crippen LogP contribution in [0.4, 0.5) is 13.2 Å². The maximum absolute atomic E-state index is 12.8. The van der Waals surface area contributed by atoms with Gasteiger partial charge in [-0.15, -0.1) is 0 Å². The van der Waals surface area contributed by atoms with Crippen molar-refractivity contribution in [3.63, 3.8) is 0 Å². The molecule has 0 aliphatic rings. The molecule has 3 nitrogen and oxygen atoms in total. The largest absolute Gasteiger partial charge is 0.481 e. The molecule has 0 saturated carbocycles. The number of alkyl halides is 3. The van der Waals surface area contributed by atoms with E-state index in [-0.39, 0.29) is 5.56 Å². The molecule has 2 N–H and O–H groups in total. The average Bonchev–Trinajstić information content (AvgIpc) is 2.25. The minimum Gasteiger partial charge on any atom is -0.481 e. The lowest BCUT2D eigenvalue weighted by molar-refractivity contribution is -0.269. The Morgan fingerprint density at radius 3 is 2.12 bits per heavy atom. The Labute approximate surface area is 95.5 Å². The van der Waals surface area contributed by atoms with E-state index in [4.69, 9.17) is 5.11 Å². The van der Waals surface area contributed by atoms with Crippen LogP contribution < -0.4 is 0 Å². The number of aliphatic hydroxyl groups is 1. The molecule has 17 heavy (non-hydrogen) atoms. The molecule has 0 spiro atoms. The molecule has 0 radical (unpaired) electrons. The van der Waals surface area contributed by atoms with E-state index in [0.717, 1.165) is 12.1 Å². The summed E-state index contributed by atoms with van der Waals surface area (Å²) >= 11 is 0. The zero-order chi connectivity index (χ0) is 13.1. The fraction of sp³-hybridized carbons (Fsp3) is 0.364. The third-order valence-electron chi connectivity index (χ3n) is 2.42. The summed E-state index contributed by atoms with van der Waals surface area (Å²) < 4.78 is 38.4. The van der Waals surface area contributed by atoms with E-state index in [1.54, 1.807) is 0 Å². The zero-order valence-electron chi connectivity index (χ0n) is 8.74. The van der Waals surface area contributed by atoms with Crippen molar-refractivity contribution in [3.8, 4) is 0 Å². The van der Waals surface area contributed by atoms with E-state index in [1.807, 2.05) is 0 Å². The smallest absolute Gasteiger partial charge is 0.421 e. The SMILES string of the molecule is O=C(O)CCC(O)(c1ccccc1)C(F)(F)F.